The number of aryl methyl sites for hydroxylation is 1. The van der Waals surface area contributed by atoms with Crippen molar-refractivity contribution in [3.8, 4) is 11.5 Å². The van der Waals surface area contributed by atoms with E-state index in [4.69, 9.17) is 4.74 Å². The van der Waals surface area contributed by atoms with Crippen LogP contribution in [0, 0.1) is 11.6 Å². The Morgan fingerprint density at radius 2 is 1.90 bits per heavy atom. The molecule has 0 aliphatic carbocycles. The highest BCUT2D eigenvalue weighted by Crippen LogP contribution is 2.25. The molecule has 2 heterocycles. The Labute approximate surface area is 179 Å². The third-order valence-corrected chi connectivity index (χ3v) is 4.43. The molecule has 0 aliphatic heterocycles. The van der Waals surface area contributed by atoms with Gasteiger partial charge in [0.15, 0.2) is 17.3 Å². The van der Waals surface area contributed by atoms with Gasteiger partial charge in [0.05, 0.1) is 11.6 Å². The van der Waals surface area contributed by atoms with Gasteiger partial charge in [0.25, 0.3) is 5.56 Å². The first-order chi connectivity index (χ1) is 13.1. The minimum Gasteiger partial charge on any atom is -0.448 e. The van der Waals surface area contributed by atoms with E-state index in [0.717, 1.165) is 12.1 Å². The number of nitrogens with one attached hydrogen (secondary N) is 1. The molecule has 3 rings (SSSR count). The molecule has 7 nitrogen and oxygen atoms in total. The number of benzene rings is 1. The number of hydrogen-bond acceptors (Lipinski definition) is 6. The Bertz CT molecular complexity index is 1100. The van der Waals surface area contributed by atoms with Crippen molar-refractivity contribution in [3.63, 3.8) is 0 Å². The summed E-state index contributed by atoms with van der Waals surface area (Å²) in [6, 6.07) is 3.87. The summed E-state index contributed by atoms with van der Waals surface area (Å²) in [6.45, 7) is 5.08. The Morgan fingerprint density at radius 1 is 1.23 bits per heavy atom. The molecule has 3 aromatic rings. The average molecular weight is 443 g/mol. The van der Waals surface area contributed by atoms with Gasteiger partial charge in [0, 0.05) is 24.7 Å². The van der Waals surface area contributed by atoms with Crippen LogP contribution in [0.25, 0.3) is 11.0 Å². The maximum absolute atomic E-state index is 13.8. The van der Waals surface area contributed by atoms with E-state index < -0.39 is 22.8 Å². The van der Waals surface area contributed by atoms with Gasteiger partial charge in [-0.2, -0.15) is 4.98 Å². The molecule has 0 saturated heterocycles. The van der Waals surface area contributed by atoms with E-state index in [9.17, 15) is 18.7 Å². The minimum absolute atomic E-state index is 0. The van der Waals surface area contributed by atoms with Crippen LogP contribution in [0.5, 0.6) is 11.5 Å². The van der Waals surface area contributed by atoms with Gasteiger partial charge in [0.1, 0.15) is 11.5 Å². The molecule has 2 aromatic heterocycles. The second kappa shape index (κ2) is 9.36. The number of pyridine rings is 1. The maximum atomic E-state index is 13.8. The number of fused-ring (bicyclic) bond motifs is 1. The smallest absolute Gasteiger partial charge is 0.294 e. The molecule has 30 heavy (non-hydrogen) atoms. The number of rotatable bonds is 5. The van der Waals surface area contributed by atoms with Crippen LogP contribution in [0.1, 0.15) is 28.2 Å². The van der Waals surface area contributed by atoms with E-state index in [2.05, 4.69) is 15.3 Å². The summed E-state index contributed by atoms with van der Waals surface area (Å²) in [5, 5.41) is 13.5. The van der Waals surface area contributed by atoms with Gasteiger partial charge in [-0.25, -0.2) is 13.8 Å². The van der Waals surface area contributed by atoms with Crippen molar-refractivity contribution in [3.05, 3.63) is 52.5 Å². The van der Waals surface area contributed by atoms with Crippen LogP contribution in [0.3, 0.4) is 0 Å². The summed E-state index contributed by atoms with van der Waals surface area (Å²) < 4.78 is 33.5. The number of aliphatic hydroxyl groups is 1. The highest BCUT2D eigenvalue weighted by atomic mass is 35.5. The van der Waals surface area contributed by atoms with Crippen LogP contribution in [0.2, 0.25) is 0 Å². The lowest BCUT2D eigenvalue weighted by Crippen LogP contribution is -2.39. The van der Waals surface area contributed by atoms with Gasteiger partial charge in [-0.05, 0) is 39.0 Å². The number of aromatic nitrogens is 3. The van der Waals surface area contributed by atoms with Gasteiger partial charge >= 0.3 is 0 Å². The van der Waals surface area contributed by atoms with Crippen molar-refractivity contribution in [2.45, 2.75) is 39.8 Å². The molecule has 10 heteroatoms. The fraction of sp³-hybridized carbons (Fsp3) is 0.350. The lowest BCUT2D eigenvalue weighted by molar-refractivity contribution is 0.0646. The van der Waals surface area contributed by atoms with Gasteiger partial charge < -0.3 is 15.2 Å². The van der Waals surface area contributed by atoms with Crippen LogP contribution in [-0.4, -0.2) is 31.3 Å². The van der Waals surface area contributed by atoms with E-state index in [-0.39, 0.29) is 43.3 Å². The largest absolute Gasteiger partial charge is 0.448 e. The first-order valence-corrected chi connectivity index (χ1v) is 8.55. The molecule has 0 radical (unpaired) electrons. The summed E-state index contributed by atoms with van der Waals surface area (Å²) in [6.07, 6.45) is 1.48. The average Bonchev–Trinajstić information content (AvgIpc) is 2.61. The van der Waals surface area contributed by atoms with Crippen molar-refractivity contribution < 1.29 is 18.6 Å². The van der Waals surface area contributed by atoms with Crippen LogP contribution in [0.15, 0.2) is 35.3 Å². The van der Waals surface area contributed by atoms with E-state index in [1.54, 1.807) is 20.8 Å². The molecule has 0 fully saturated rings. The molecular weight excluding hydrogens is 418 g/mol. The van der Waals surface area contributed by atoms with Crippen molar-refractivity contribution in [2.24, 2.45) is 7.05 Å². The zero-order valence-corrected chi connectivity index (χ0v) is 17.1. The monoisotopic (exact) mass is 442 g/mol. The Morgan fingerprint density at radius 3 is 2.50 bits per heavy atom. The summed E-state index contributed by atoms with van der Waals surface area (Å²) in [7, 11) is 1.49. The quantitative estimate of drug-likeness (QED) is 0.620. The second-order valence-electron chi connectivity index (χ2n) is 7.04. The molecule has 0 amide bonds. The number of hydrogen-bond donors (Lipinski definition) is 2. The van der Waals surface area contributed by atoms with Gasteiger partial charge in [-0.1, -0.05) is 7.43 Å². The van der Waals surface area contributed by atoms with Gasteiger partial charge in [-0.3, -0.25) is 9.36 Å². The van der Waals surface area contributed by atoms with Crippen molar-refractivity contribution in [1.29, 1.82) is 0 Å². The SMILES string of the molecule is C.C[C@H](Nc1ncc2cc(Oc3ccc(F)cc3F)c(=O)n(C)c2n1)C(C)(C)O.Cl. The standard InChI is InChI=1S/C19H20F2N4O3.CH4.ClH/c1-10(19(2,3)27)23-18-22-9-11-7-15(17(26)25(4)16(11)24-18)28-14-6-5-12(20)8-13(14)21;;/h5-10,27H,1-4H3,(H,22,23,24);1H4;1H/t10-;;/m0../s1. The lowest BCUT2D eigenvalue weighted by atomic mass is 10.0. The first kappa shape index (κ1) is 25.3. The molecule has 1 aromatic carbocycles. The zero-order chi connectivity index (χ0) is 20.6. The second-order valence-corrected chi connectivity index (χ2v) is 7.04. The maximum Gasteiger partial charge on any atom is 0.294 e. The molecule has 0 saturated carbocycles. The topological polar surface area (TPSA) is 89.3 Å². The third kappa shape index (κ3) is 5.22. The normalized spacial score (nSPS) is 12.0. The van der Waals surface area contributed by atoms with Crippen molar-refractivity contribution in [1.82, 2.24) is 14.5 Å². The zero-order valence-electron chi connectivity index (χ0n) is 16.2. The van der Waals surface area contributed by atoms with Crippen LogP contribution < -0.4 is 15.6 Å². The number of ether oxygens (including phenoxy) is 1. The van der Waals surface area contributed by atoms with Crippen LogP contribution in [0.4, 0.5) is 14.7 Å². The predicted molar refractivity (Wildman–Crippen MR) is 115 cm³/mol. The lowest BCUT2D eigenvalue weighted by Gasteiger charge is -2.26. The number of halogens is 3. The molecule has 1 atom stereocenters. The Kier molecular flexibility index (Phi) is 7.88. The third-order valence-electron chi connectivity index (χ3n) is 4.43. The summed E-state index contributed by atoms with van der Waals surface area (Å²) in [4.78, 5) is 21.1. The van der Waals surface area contributed by atoms with Crippen molar-refractivity contribution >= 4 is 29.4 Å². The molecule has 164 valence electrons. The van der Waals surface area contributed by atoms with E-state index >= 15 is 0 Å². The van der Waals surface area contributed by atoms with E-state index in [1.165, 1.54) is 23.9 Å². The number of anilines is 1. The van der Waals surface area contributed by atoms with Gasteiger partial charge in [-0.15, -0.1) is 12.4 Å². The first-order valence-electron chi connectivity index (χ1n) is 8.55. The molecule has 0 unspecified atom stereocenters. The van der Waals surface area contributed by atoms with E-state index in [1.807, 2.05) is 0 Å². The van der Waals surface area contributed by atoms with E-state index in [0.29, 0.717) is 17.1 Å². The minimum atomic E-state index is -0.999. The van der Waals surface area contributed by atoms with Gasteiger partial charge in [0.2, 0.25) is 5.95 Å². The van der Waals surface area contributed by atoms with Crippen molar-refractivity contribution in [2.75, 3.05) is 5.32 Å². The molecule has 0 aliphatic rings. The molecule has 0 bridgehead atoms. The van der Waals surface area contributed by atoms with Crippen LogP contribution in [-0.2, 0) is 7.05 Å². The highest BCUT2D eigenvalue weighted by molar-refractivity contribution is 5.85. The fourth-order valence-corrected chi connectivity index (χ4v) is 2.41. The predicted octanol–water partition coefficient (Wildman–Crippen LogP) is 4.03. The Hall–Kier alpha value is -2.78. The Balaban J connectivity index is 0.00000225. The summed E-state index contributed by atoms with van der Waals surface area (Å²) >= 11 is 0. The summed E-state index contributed by atoms with van der Waals surface area (Å²) in [5.74, 6) is -1.83. The van der Waals surface area contributed by atoms with Crippen LogP contribution >= 0.6 is 12.4 Å². The number of nitrogens with zero attached hydrogens (tertiary/aromatic N) is 3. The summed E-state index contributed by atoms with van der Waals surface area (Å²) in [5.41, 5.74) is -1.21. The molecular formula is C20H25ClF2N4O3. The molecule has 2 N–H and O–H groups in total. The molecule has 0 spiro atoms. The fourth-order valence-electron chi connectivity index (χ4n) is 2.41. The highest BCUT2D eigenvalue weighted by Gasteiger charge is 2.23.